The normalized spacial score (nSPS) is 0.833. The van der Waals surface area contributed by atoms with E-state index in [1.165, 1.54) is 0 Å². The summed E-state index contributed by atoms with van der Waals surface area (Å²) in [5.74, 6) is 0. The molecule has 0 fully saturated rings. The van der Waals surface area contributed by atoms with Crippen LogP contribution in [0, 0.1) is 59.2 Å². The topological polar surface area (TPSA) is 152 Å². The molecule has 0 aromatic carbocycles. The van der Waals surface area contributed by atoms with Gasteiger partial charge >= 0.3 is 17.1 Å². The molecular weight excluding hydrogens is 200 g/mol. The Morgan fingerprint density at radius 3 is 0.417 bits per heavy atom. The summed E-state index contributed by atoms with van der Waals surface area (Å²) < 4.78 is 0. The van der Waals surface area contributed by atoms with Gasteiger partial charge in [-0.25, -0.2) is 0 Å². The summed E-state index contributed by atoms with van der Waals surface area (Å²) in [6.45, 7) is 23.8. The van der Waals surface area contributed by atoms with Gasteiger partial charge in [0.15, 0.2) is 0 Å². The zero-order chi connectivity index (χ0) is 10.0. The first-order valence-electron chi connectivity index (χ1n) is 1.12. The van der Waals surface area contributed by atoms with Gasteiger partial charge in [0.2, 0.25) is 0 Å². The molecule has 0 atom stereocenters. The van der Waals surface area contributed by atoms with Crippen molar-refractivity contribution in [2.24, 2.45) is 0 Å². The van der Waals surface area contributed by atoms with Crippen molar-refractivity contribution in [2.75, 3.05) is 0 Å². The third kappa shape index (κ3) is 88.8. The average Bonchev–Trinajstić information content (AvgIpc) is 2.20. The van der Waals surface area contributed by atoms with Crippen LogP contribution in [0.15, 0.2) is 0 Å². The van der Waals surface area contributed by atoms with Gasteiger partial charge in [-0.05, 0) is 0 Å². The van der Waals surface area contributed by atoms with Crippen molar-refractivity contribution >= 4 is 0 Å². The van der Waals surface area contributed by atoms with Crippen LogP contribution >= 0.6 is 0 Å². The molecule has 60 valence electrons. The maximum absolute atomic E-state index is 6.25. The Kier molecular flexibility index (Phi) is 1010. The molecule has 0 saturated heterocycles. The van der Waals surface area contributed by atoms with E-state index in [0.29, 0.717) is 0 Å². The van der Waals surface area contributed by atoms with Crippen LogP contribution in [-0.4, -0.2) is 0 Å². The fraction of sp³-hybridized carbons (Fsp3) is 0. The molecule has 0 unspecified atom stereocenters. The fourth-order valence-corrected chi connectivity index (χ4v) is 0. The predicted molar refractivity (Wildman–Crippen MR) is 30.1 cm³/mol. The van der Waals surface area contributed by atoms with E-state index in [1.54, 1.807) is 0 Å². The molecule has 0 aromatic rings. The molecule has 7 heteroatoms. The van der Waals surface area contributed by atoms with Crippen LogP contribution in [0.25, 0.3) is 6.15 Å². The maximum Gasteiger partial charge on any atom is 6.00 e. The first-order chi connectivity index (χ1) is 5.00. The number of nitrogens with zero attached hydrogens (tertiary/aromatic N) is 5. The number of nitrogens with two attached hydrogens (primary N) is 1. The van der Waals surface area contributed by atoms with Gasteiger partial charge in [0.05, 0.1) is 0 Å². The SMILES string of the molecule is [C-]#N.[C-]#N.[C-]#N.[C-]#N.[C-]#N.[Fe+6].[NH2-]. The summed E-state index contributed by atoms with van der Waals surface area (Å²) in [7, 11) is 0. The second kappa shape index (κ2) is 131. The van der Waals surface area contributed by atoms with Crippen LogP contribution in [0.3, 0.4) is 0 Å². The molecule has 0 aromatic heterocycles. The molecule has 0 heterocycles. The zero-order valence-corrected chi connectivity index (χ0v) is 6.77. The molecular formula is C5H2FeN6. The third-order valence-electron chi connectivity index (χ3n) is 0. The second-order valence-electron chi connectivity index (χ2n) is 0. The standard InChI is InChI=1S/5CN.Fe.H2N/c5*1-2;;/h;;;;;;1H2/q5*-1;+6;-1. The van der Waals surface area contributed by atoms with Crippen molar-refractivity contribution in [3.05, 3.63) is 39.0 Å². The van der Waals surface area contributed by atoms with Gasteiger partial charge in [0, 0.05) is 0 Å². The van der Waals surface area contributed by atoms with Crippen LogP contribution in [-0.2, 0) is 17.1 Å². The van der Waals surface area contributed by atoms with Gasteiger partial charge in [0.1, 0.15) is 0 Å². The average molecular weight is 202 g/mol. The number of rotatable bonds is 0. The van der Waals surface area contributed by atoms with E-state index < -0.39 is 0 Å². The van der Waals surface area contributed by atoms with E-state index in [4.69, 9.17) is 59.2 Å². The van der Waals surface area contributed by atoms with Gasteiger partial charge in [-0.2, -0.15) is 0 Å². The van der Waals surface area contributed by atoms with Gasteiger partial charge in [-0.1, -0.05) is 0 Å². The largest absolute Gasteiger partial charge is 6.00 e. The molecule has 0 bridgehead atoms. The predicted octanol–water partition coefficient (Wildman–Crippen LogP) is 1.20. The van der Waals surface area contributed by atoms with Gasteiger partial charge in [0.25, 0.3) is 0 Å². The number of hydrogen-bond acceptors (Lipinski definition) is 5. The minimum absolute atomic E-state index is 0. The van der Waals surface area contributed by atoms with Gasteiger partial charge in [-0.3, -0.25) is 0 Å². The van der Waals surface area contributed by atoms with Crippen LogP contribution < -0.4 is 0 Å². The fourth-order valence-electron chi connectivity index (χ4n) is 0. The first kappa shape index (κ1) is 92.3. The Hall–Kier alpha value is -2.07. The zero-order valence-electron chi connectivity index (χ0n) is 5.67. The number of hydrogen-bond donors (Lipinski definition) is 0. The maximum atomic E-state index is 6.25. The molecule has 0 rings (SSSR count). The molecule has 0 aliphatic heterocycles. The van der Waals surface area contributed by atoms with E-state index in [9.17, 15) is 0 Å². The Balaban J connectivity index is -0.00000000500. The first-order valence-corrected chi connectivity index (χ1v) is 1.12. The van der Waals surface area contributed by atoms with E-state index in [2.05, 4.69) is 0 Å². The molecule has 0 aliphatic rings. The second-order valence-corrected chi connectivity index (χ2v) is 0. The van der Waals surface area contributed by atoms with Crippen molar-refractivity contribution in [3.63, 3.8) is 0 Å². The van der Waals surface area contributed by atoms with Crippen molar-refractivity contribution in [2.45, 2.75) is 0 Å². The van der Waals surface area contributed by atoms with Crippen molar-refractivity contribution in [3.8, 4) is 0 Å². The third-order valence-corrected chi connectivity index (χ3v) is 0. The summed E-state index contributed by atoms with van der Waals surface area (Å²) in [4.78, 5) is 0. The van der Waals surface area contributed by atoms with Crippen molar-refractivity contribution < 1.29 is 17.1 Å². The molecule has 2 N–H and O–H groups in total. The molecule has 12 heavy (non-hydrogen) atoms. The smallest absolute Gasteiger partial charge is 0.693 e. The molecule has 0 saturated carbocycles. The Bertz CT molecular complexity index is 74.5. The quantitative estimate of drug-likeness (QED) is 0.426. The van der Waals surface area contributed by atoms with Crippen molar-refractivity contribution in [1.29, 1.82) is 26.3 Å². The van der Waals surface area contributed by atoms with Gasteiger partial charge in [-0.15, -0.1) is 0 Å². The summed E-state index contributed by atoms with van der Waals surface area (Å²) in [5, 5.41) is 31.2. The van der Waals surface area contributed by atoms with Crippen LogP contribution in [0.1, 0.15) is 0 Å². The van der Waals surface area contributed by atoms with Crippen LogP contribution in [0.5, 0.6) is 0 Å². The van der Waals surface area contributed by atoms with E-state index in [1.807, 2.05) is 0 Å². The van der Waals surface area contributed by atoms with E-state index in [-0.39, 0.29) is 23.2 Å². The monoisotopic (exact) mass is 202 g/mol. The van der Waals surface area contributed by atoms with Crippen LogP contribution in [0.4, 0.5) is 0 Å². The van der Waals surface area contributed by atoms with Crippen LogP contribution in [0.2, 0.25) is 0 Å². The minimum atomic E-state index is 0. The molecule has 0 amide bonds. The Morgan fingerprint density at radius 2 is 0.417 bits per heavy atom. The van der Waals surface area contributed by atoms with E-state index >= 15 is 0 Å². The molecule has 0 radical (unpaired) electrons. The van der Waals surface area contributed by atoms with E-state index in [0.717, 1.165) is 0 Å². The van der Waals surface area contributed by atoms with Gasteiger partial charge < -0.3 is 65.3 Å². The molecule has 6 nitrogen and oxygen atoms in total. The summed E-state index contributed by atoms with van der Waals surface area (Å²) >= 11 is 0. The summed E-state index contributed by atoms with van der Waals surface area (Å²) in [6, 6.07) is 0. The summed E-state index contributed by atoms with van der Waals surface area (Å²) in [5.41, 5.74) is 0. The molecule has 0 aliphatic carbocycles. The minimum Gasteiger partial charge on any atom is -0.693 e. The Labute approximate surface area is 82.9 Å². The Morgan fingerprint density at radius 1 is 0.417 bits per heavy atom. The summed E-state index contributed by atoms with van der Waals surface area (Å²) in [6.07, 6.45) is 0. The molecule has 0 spiro atoms. The van der Waals surface area contributed by atoms with Crippen molar-refractivity contribution in [1.82, 2.24) is 0 Å².